The molecule has 0 saturated heterocycles. The predicted octanol–water partition coefficient (Wildman–Crippen LogP) is 3.92. The van der Waals surface area contributed by atoms with Gasteiger partial charge in [0.15, 0.2) is 0 Å². The van der Waals surface area contributed by atoms with Crippen molar-refractivity contribution in [3.05, 3.63) is 59.1 Å². The first-order chi connectivity index (χ1) is 10.6. The molecular weight excluding hydrogens is 320 g/mol. The van der Waals surface area contributed by atoms with Gasteiger partial charge in [-0.3, -0.25) is 0 Å². The Hall–Kier alpha value is -1.69. The topological polar surface area (TPSA) is 61.4 Å². The summed E-state index contributed by atoms with van der Waals surface area (Å²) in [4.78, 5) is 12.9. The Morgan fingerprint density at radius 1 is 1.27 bits per heavy atom. The van der Waals surface area contributed by atoms with Crippen molar-refractivity contribution in [3.63, 3.8) is 0 Å². The molecule has 2 aromatic carbocycles. The lowest BCUT2D eigenvalue weighted by atomic mass is 10.1. The van der Waals surface area contributed by atoms with Crippen LogP contribution in [0.2, 0.25) is 5.02 Å². The predicted molar refractivity (Wildman–Crippen MR) is 91.7 cm³/mol. The number of benzene rings is 2. The number of rotatable bonds is 5. The van der Waals surface area contributed by atoms with Crippen LogP contribution in [0, 0.1) is 0 Å². The van der Waals surface area contributed by atoms with E-state index in [1.54, 1.807) is 36.0 Å². The van der Waals surface area contributed by atoms with Gasteiger partial charge in [0.05, 0.1) is 6.10 Å². The van der Waals surface area contributed by atoms with E-state index in [-0.39, 0.29) is 12.6 Å². The molecule has 2 aromatic rings. The first-order valence-corrected chi connectivity index (χ1v) is 8.31. The summed E-state index contributed by atoms with van der Waals surface area (Å²) in [6, 6.07) is 14.1. The number of halogens is 1. The number of nitrogens with one attached hydrogen (secondary N) is 2. The number of urea groups is 1. The molecule has 1 unspecified atom stereocenters. The van der Waals surface area contributed by atoms with E-state index in [9.17, 15) is 9.90 Å². The van der Waals surface area contributed by atoms with Crippen LogP contribution in [0.1, 0.15) is 11.7 Å². The summed E-state index contributed by atoms with van der Waals surface area (Å²) >= 11 is 7.48. The molecule has 2 rings (SSSR count). The summed E-state index contributed by atoms with van der Waals surface area (Å²) < 4.78 is 0. The Kier molecular flexibility index (Phi) is 6.12. The third-order valence-corrected chi connectivity index (χ3v) is 4.02. The largest absolute Gasteiger partial charge is 0.387 e. The van der Waals surface area contributed by atoms with Gasteiger partial charge in [0.2, 0.25) is 0 Å². The van der Waals surface area contributed by atoms with Crippen LogP contribution in [0.3, 0.4) is 0 Å². The van der Waals surface area contributed by atoms with Crippen molar-refractivity contribution in [3.8, 4) is 0 Å². The van der Waals surface area contributed by atoms with Crippen LogP contribution in [0.4, 0.5) is 10.5 Å². The highest BCUT2D eigenvalue weighted by Crippen LogP contribution is 2.19. The van der Waals surface area contributed by atoms with E-state index in [0.717, 1.165) is 10.5 Å². The normalized spacial score (nSPS) is 11.8. The Bertz CT molecular complexity index is 634. The van der Waals surface area contributed by atoms with E-state index in [0.29, 0.717) is 10.7 Å². The average Bonchev–Trinajstić information content (AvgIpc) is 2.52. The van der Waals surface area contributed by atoms with Gasteiger partial charge in [0.1, 0.15) is 0 Å². The molecule has 0 bridgehead atoms. The molecule has 0 aliphatic heterocycles. The van der Waals surface area contributed by atoms with E-state index in [1.807, 2.05) is 30.5 Å². The lowest BCUT2D eigenvalue weighted by Gasteiger charge is -2.13. The lowest BCUT2D eigenvalue weighted by molar-refractivity contribution is 0.175. The molecule has 0 aliphatic rings. The van der Waals surface area contributed by atoms with Gasteiger partial charge in [-0.2, -0.15) is 0 Å². The average molecular weight is 337 g/mol. The molecule has 1 atom stereocenters. The number of carbonyl (C=O) groups is 1. The van der Waals surface area contributed by atoms with Gasteiger partial charge in [0, 0.05) is 22.2 Å². The monoisotopic (exact) mass is 336 g/mol. The number of hydrogen-bond donors (Lipinski definition) is 3. The van der Waals surface area contributed by atoms with Crippen LogP contribution >= 0.6 is 23.4 Å². The van der Waals surface area contributed by atoms with Crippen LogP contribution in [0.5, 0.6) is 0 Å². The zero-order chi connectivity index (χ0) is 15.9. The van der Waals surface area contributed by atoms with Gasteiger partial charge in [-0.25, -0.2) is 4.79 Å². The zero-order valence-electron chi connectivity index (χ0n) is 12.0. The van der Waals surface area contributed by atoms with Crippen LogP contribution in [-0.4, -0.2) is 23.9 Å². The quantitative estimate of drug-likeness (QED) is 0.725. The maximum absolute atomic E-state index is 11.8. The SMILES string of the molecule is CSc1ccc(C(O)CNC(=O)Nc2cccc(Cl)c2)cc1. The Morgan fingerprint density at radius 3 is 2.64 bits per heavy atom. The first-order valence-electron chi connectivity index (χ1n) is 6.71. The molecule has 2 amide bonds. The molecular formula is C16H17ClN2O2S. The number of aliphatic hydroxyl groups excluding tert-OH is 1. The Balaban J connectivity index is 1.84. The molecule has 6 heteroatoms. The van der Waals surface area contributed by atoms with Crippen molar-refractivity contribution in [2.24, 2.45) is 0 Å². The van der Waals surface area contributed by atoms with Gasteiger partial charge in [-0.1, -0.05) is 29.8 Å². The van der Waals surface area contributed by atoms with Crippen LogP contribution in [0.15, 0.2) is 53.4 Å². The van der Waals surface area contributed by atoms with E-state index in [4.69, 9.17) is 11.6 Å². The molecule has 22 heavy (non-hydrogen) atoms. The van der Waals surface area contributed by atoms with Crippen LogP contribution < -0.4 is 10.6 Å². The van der Waals surface area contributed by atoms with E-state index in [2.05, 4.69) is 10.6 Å². The number of thioether (sulfide) groups is 1. The van der Waals surface area contributed by atoms with Crippen LogP contribution in [0.25, 0.3) is 0 Å². The smallest absolute Gasteiger partial charge is 0.319 e. The van der Waals surface area contributed by atoms with Gasteiger partial charge in [-0.15, -0.1) is 11.8 Å². The van der Waals surface area contributed by atoms with E-state index in [1.165, 1.54) is 0 Å². The number of hydrogen-bond acceptors (Lipinski definition) is 3. The molecule has 4 nitrogen and oxygen atoms in total. The van der Waals surface area contributed by atoms with Gasteiger partial charge in [0.25, 0.3) is 0 Å². The summed E-state index contributed by atoms with van der Waals surface area (Å²) in [5.41, 5.74) is 1.37. The molecule has 116 valence electrons. The maximum atomic E-state index is 11.8. The van der Waals surface area contributed by atoms with Crippen molar-refractivity contribution >= 4 is 35.1 Å². The summed E-state index contributed by atoms with van der Waals surface area (Å²) in [6.45, 7) is 0.130. The second kappa shape index (κ2) is 8.08. The van der Waals surface area contributed by atoms with E-state index < -0.39 is 6.10 Å². The summed E-state index contributed by atoms with van der Waals surface area (Å²) in [7, 11) is 0. The van der Waals surface area contributed by atoms with Crippen molar-refractivity contribution in [2.45, 2.75) is 11.0 Å². The fourth-order valence-corrected chi connectivity index (χ4v) is 2.47. The van der Waals surface area contributed by atoms with Gasteiger partial charge in [-0.05, 0) is 42.2 Å². The van der Waals surface area contributed by atoms with Gasteiger partial charge < -0.3 is 15.7 Å². The third kappa shape index (κ3) is 4.94. The fourth-order valence-electron chi connectivity index (χ4n) is 1.87. The molecule has 0 aromatic heterocycles. The second-order valence-corrected chi connectivity index (χ2v) is 5.95. The lowest BCUT2D eigenvalue weighted by Crippen LogP contribution is -2.32. The van der Waals surface area contributed by atoms with Crippen LogP contribution in [-0.2, 0) is 0 Å². The minimum Gasteiger partial charge on any atom is -0.387 e. The highest BCUT2D eigenvalue weighted by atomic mass is 35.5. The highest BCUT2D eigenvalue weighted by molar-refractivity contribution is 7.98. The second-order valence-electron chi connectivity index (χ2n) is 4.63. The first kappa shape index (κ1) is 16.7. The summed E-state index contributed by atoms with van der Waals surface area (Å²) in [5.74, 6) is 0. The number of amides is 2. The summed E-state index contributed by atoms with van der Waals surface area (Å²) in [5, 5.41) is 15.9. The molecule has 0 heterocycles. The van der Waals surface area contributed by atoms with Gasteiger partial charge >= 0.3 is 6.03 Å². The highest BCUT2D eigenvalue weighted by Gasteiger charge is 2.09. The number of anilines is 1. The number of aliphatic hydroxyl groups is 1. The molecule has 0 radical (unpaired) electrons. The maximum Gasteiger partial charge on any atom is 0.319 e. The van der Waals surface area contributed by atoms with Crippen molar-refractivity contribution < 1.29 is 9.90 Å². The zero-order valence-corrected chi connectivity index (χ0v) is 13.6. The van der Waals surface area contributed by atoms with Crippen molar-refractivity contribution in [1.29, 1.82) is 0 Å². The molecule has 0 spiro atoms. The minimum absolute atomic E-state index is 0.130. The molecule has 0 saturated carbocycles. The van der Waals surface area contributed by atoms with Crippen molar-refractivity contribution in [1.82, 2.24) is 5.32 Å². The van der Waals surface area contributed by atoms with Crippen molar-refractivity contribution in [2.75, 3.05) is 18.1 Å². The Morgan fingerprint density at radius 2 is 2.00 bits per heavy atom. The number of carbonyl (C=O) groups excluding carboxylic acids is 1. The molecule has 0 aliphatic carbocycles. The van der Waals surface area contributed by atoms with E-state index >= 15 is 0 Å². The standard InChI is InChI=1S/C16H17ClN2O2S/c1-22-14-7-5-11(6-8-14)15(20)10-18-16(21)19-13-4-2-3-12(17)9-13/h2-9,15,20H,10H2,1H3,(H2,18,19,21). The molecule has 3 N–H and O–H groups in total. The third-order valence-electron chi connectivity index (χ3n) is 3.04. The minimum atomic E-state index is -0.749. The molecule has 0 fully saturated rings. The Labute approximate surface area is 138 Å². The fraction of sp³-hybridized carbons (Fsp3) is 0.188. The summed E-state index contributed by atoms with van der Waals surface area (Å²) in [6.07, 6.45) is 1.24.